The van der Waals surface area contributed by atoms with Crippen LogP contribution in [0.3, 0.4) is 0 Å². The Bertz CT molecular complexity index is 601. The maximum atomic E-state index is 12.1. The van der Waals surface area contributed by atoms with E-state index in [4.69, 9.17) is 5.11 Å². The third-order valence-electron chi connectivity index (χ3n) is 3.12. The van der Waals surface area contributed by atoms with Gasteiger partial charge in [0.1, 0.15) is 0 Å². The Balaban J connectivity index is 1.98. The predicted molar refractivity (Wildman–Crippen MR) is 79.3 cm³/mol. The molecule has 110 valence electrons. The monoisotopic (exact) mass is 286 g/mol. The summed E-state index contributed by atoms with van der Waals surface area (Å²) in [5.41, 5.74) is 1.62. The molecule has 0 radical (unpaired) electrons. The largest absolute Gasteiger partial charge is 0.393 e. The molecule has 0 aliphatic rings. The van der Waals surface area contributed by atoms with Crippen molar-refractivity contribution in [3.8, 4) is 0 Å². The van der Waals surface area contributed by atoms with Gasteiger partial charge >= 0.3 is 0 Å². The Labute approximate surface area is 123 Å². The highest BCUT2D eigenvalue weighted by atomic mass is 16.3. The number of aliphatic hydroxyl groups excluding tert-OH is 1. The van der Waals surface area contributed by atoms with Gasteiger partial charge in [-0.3, -0.25) is 9.59 Å². The minimum atomic E-state index is -0.438. The lowest BCUT2D eigenvalue weighted by Gasteiger charge is -2.07. The molecule has 5 heteroatoms. The highest BCUT2D eigenvalue weighted by Crippen LogP contribution is 2.10. The second-order valence-corrected chi connectivity index (χ2v) is 4.90. The lowest BCUT2D eigenvalue weighted by molar-refractivity contribution is 0.0944. The Morgan fingerprint density at radius 3 is 2.38 bits per heavy atom. The average molecular weight is 286 g/mol. The van der Waals surface area contributed by atoms with Crippen molar-refractivity contribution in [1.29, 1.82) is 0 Å². The van der Waals surface area contributed by atoms with E-state index in [2.05, 4.69) is 10.3 Å². The number of nitrogens with one attached hydrogen (secondary N) is 2. The molecular weight excluding hydrogens is 268 g/mol. The van der Waals surface area contributed by atoms with Crippen molar-refractivity contribution in [3.05, 3.63) is 59.4 Å². The zero-order valence-electron chi connectivity index (χ0n) is 11.8. The van der Waals surface area contributed by atoms with Gasteiger partial charge in [0.2, 0.25) is 0 Å². The van der Waals surface area contributed by atoms with Crippen molar-refractivity contribution in [2.45, 2.75) is 19.4 Å². The molecule has 3 N–H and O–H groups in total. The SMILES string of the molecule is CC(O)CCNC(=O)c1ccc(C(=O)c2cc[nH]c2)cc1. The first-order valence-corrected chi connectivity index (χ1v) is 6.82. The van der Waals surface area contributed by atoms with E-state index in [1.807, 2.05) is 0 Å². The highest BCUT2D eigenvalue weighted by molar-refractivity contribution is 6.09. The van der Waals surface area contributed by atoms with Crippen LogP contribution in [0.15, 0.2) is 42.7 Å². The minimum Gasteiger partial charge on any atom is -0.393 e. The van der Waals surface area contributed by atoms with E-state index in [-0.39, 0.29) is 11.7 Å². The first-order chi connectivity index (χ1) is 10.1. The number of aromatic nitrogens is 1. The number of carbonyl (C=O) groups is 2. The van der Waals surface area contributed by atoms with Crippen LogP contribution in [0.5, 0.6) is 0 Å². The maximum absolute atomic E-state index is 12.1. The molecular formula is C16H18N2O3. The fourth-order valence-electron chi connectivity index (χ4n) is 1.90. The number of H-pyrrole nitrogens is 1. The number of ketones is 1. The molecule has 0 saturated carbocycles. The molecule has 1 aromatic carbocycles. The van der Waals surface area contributed by atoms with E-state index in [0.717, 1.165) is 0 Å². The first-order valence-electron chi connectivity index (χ1n) is 6.82. The Hall–Kier alpha value is -2.40. The summed E-state index contributed by atoms with van der Waals surface area (Å²) in [4.78, 5) is 26.8. The minimum absolute atomic E-state index is 0.0858. The van der Waals surface area contributed by atoms with Crippen molar-refractivity contribution in [2.24, 2.45) is 0 Å². The normalized spacial score (nSPS) is 11.9. The number of carbonyl (C=O) groups excluding carboxylic acids is 2. The van der Waals surface area contributed by atoms with E-state index in [1.165, 1.54) is 0 Å². The van der Waals surface area contributed by atoms with Crippen molar-refractivity contribution < 1.29 is 14.7 Å². The number of benzene rings is 1. The van der Waals surface area contributed by atoms with Gasteiger partial charge in [0.05, 0.1) is 6.10 Å². The van der Waals surface area contributed by atoms with Crippen LogP contribution in [-0.2, 0) is 0 Å². The second-order valence-electron chi connectivity index (χ2n) is 4.90. The van der Waals surface area contributed by atoms with Crippen LogP contribution < -0.4 is 5.32 Å². The molecule has 1 heterocycles. The van der Waals surface area contributed by atoms with Crippen LogP contribution in [0.25, 0.3) is 0 Å². The summed E-state index contributed by atoms with van der Waals surface area (Å²) in [5.74, 6) is -0.298. The summed E-state index contributed by atoms with van der Waals surface area (Å²) >= 11 is 0. The van der Waals surface area contributed by atoms with Gasteiger partial charge in [-0.1, -0.05) is 12.1 Å². The van der Waals surface area contributed by atoms with Gasteiger partial charge in [-0.15, -0.1) is 0 Å². The smallest absolute Gasteiger partial charge is 0.251 e. The van der Waals surface area contributed by atoms with Crippen LogP contribution in [0.4, 0.5) is 0 Å². The molecule has 0 spiro atoms. The fraction of sp³-hybridized carbons (Fsp3) is 0.250. The number of hydrogen-bond acceptors (Lipinski definition) is 3. The molecule has 1 aromatic heterocycles. The number of amides is 1. The summed E-state index contributed by atoms with van der Waals surface area (Å²) in [7, 11) is 0. The molecule has 0 aliphatic heterocycles. The van der Waals surface area contributed by atoms with E-state index < -0.39 is 6.10 Å². The fourth-order valence-corrected chi connectivity index (χ4v) is 1.90. The van der Waals surface area contributed by atoms with Gasteiger partial charge in [-0.2, -0.15) is 0 Å². The number of aromatic amines is 1. The molecule has 0 aliphatic carbocycles. The zero-order valence-corrected chi connectivity index (χ0v) is 11.8. The van der Waals surface area contributed by atoms with E-state index in [9.17, 15) is 9.59 Å². The molecule has 0 fully saturated rings. The summed E-state index contributed by atoms with van der Waals surface area (Å²) in [5, 5.41) is 11.9. The summed E-state index contributed by atoms with van der Waals surface area (Å²) in [6.07, 6.45) is 3.40. The van der Waals surface area contributed by atoms with Gasteiger partial charge in [-0.05, 0) is 31.5 Å². The van der Waals surface area contributed by atoms with Gasteiger partial charge < -0.3 is 15.4 Å². The number of rotatable bonds is 6. The molecule has 1 atom stereocenters. The van der Waals surface area contributed by atoms with E-state index in [1.54, 1.807) is 49.6 Å². The molecule has 2 rings (SSSR count). The van der Waals surface area contributed by atoms with Crippen molar-refractivity contribution in [1.82, 2.24) is 10.3 Å². The number of aliphatic hydroxyl groups is 1. The quantitative estimate of drug-likeness (QED) is 0.707. The van der Waals surface area contributed by atoms with Gasteiger partial charge in [0.25, 0.3) is 5.91 Å². The standard InChI is InChI=1S/C16H18N2O3/c1-11(19)6-9-18-16(21)13-4-2-12(3-5-13)15(20)14-7-8-17-10-14/h2-5,7-8,10-11,17,19H,6,9H2,1H3,(H,18,21). The van der Waals surface area contributed by atoms with Gasteiger partial charge in [-0.25, -0.2) is 0 Å². The topological polar surface area (TPSA) is 82.2 Å². The highest BCUT2D eigenvalue weighted by Gasteiger charge is 2.11. The predicted octanol–water partition coefficient (Wildman–Crippen LogP) is 1.75. The van der Waals surface area contributed by atoms with Gasteiger partial charge in [0, 0.05) is 35.6 Å². The molecule has 0 saturated heterocycles. The van der Waals surface area contributed by atoms with Gasteiger partial charge in [0.15, 0.2) is 5.78 Å². The third-order valence-corrected chi connectivity index (χ3v) is 3.12. The van der Waals surface area contributed by atoms with Crippen molar-refractivity contribution in [2.75, 3.05) is 6.54 Å². The van der Waals surface area contributed by atoms with Crippen molar-refractivity contribution >= 4 is 11.7 Å². The molecule has 0 bridgehead atoms. The average Bonchev–Trinajstić information content (AvgIpc) is 3.00. The Kier molecular flexibility index (Phi) is 4.90. The number of hydrogen-bond donors (Lipinski definition) is 3. The van der Waals surface area contributed by atoms with Crippen LogP contribution in [0, 0.1) is 0 Å². The van der Waals surface area contributed by atoms with Crippen LogP contribution in [-0.4, -0.2) is 34.4 Å². The summed E-state index contributed by atoms with van der Waals surface area (Å²) in [6, 6.07) is 8.23. The molecule has 1 unspecified atom stereocenters. The first kappa shape index (κ1) is 15.0. The third kappa shape index (κ3) is 4.03. The van der Waals surface area contributed by atoms with E-state index in [0.29, 0.717) is 29.7 Å². The van der Waals surface area contributed by atoms with Crippen LogP contribution in [0.2, 0.25) is 0 Å². The molecule has 2 aromatic rings. The maximum Gasteiger partial charge on any atom is 0.251 e. The molecule has 21 heavy (non-hydrogen) atoms. The molecule has 1 amide bonds. The lowest BCUT2D eigenvalue weighted by atomic mass is 10.0. The molecule has 5 nitrogen and oxygen atoms in total. The summed E-state index contributed by atoms with van der Waals surface area (Å²) < 4.78 is 0. The Morgan fingerprint density at radius 1 is 1.14 bits per heavy atom. The summed E-state index contributed by atoms with van der Waals surface area (Å²) in [6.45, 7) is 2.09. The van der Waals surface area contributed by atoms with Crippen molar-refractivity contribution in [3.63, 3.8) is 0 Å². The zero-order chi connectivity index (χ0) is 15.2. The van der Waals surface area contributed by atoms with E-state index >= 15 is 0 Å². The van der Waals surface area contributed by atoms with Crippen LogP contribution in [0.1, 0.15) is 39.6 Å². The van der Waals surface area contributed by atoms with Crippen LogP contribution >= 0.6 is 0 Å². The second kappa shape index (κ2) is 6.85. The Morgan fingerprint density at radius 2 is 1.81 bits per heavy atom. The lowest BCUT2D eigenvalue weighted by Crippen LogP contribution is -2.26.